The van der Waals surface area contributed by atoms with E-state index in [0.717, 1.165) is 10.1 Å². The van der Waals surface area contributed by atoms with E-state index in [1.807, 2.05) is 0 Å². The van der Waals surface area contributed by atoms with E-state index in [4.69, 9.17) is 5.73 Å². The van der Waals surface area contributed by atoms with Crippen molar-refractivity contribution in [3.63, 3.8) is 0 Å². The number of aryl methyl sites for hydroxylation is 1. The smallest absolute Gasteiger partial charge is 0.330 e. The average Bonchev–Trinajstić information content (AvgIpc) is 2.56. The number of esters is 1. The maximum Gasteiger partial charge on any atom is 0.330 e. The van der Waals surface area contributed by atoms with Crippen LogP contribution in [0.15, 0.2) is 40.1 Å². The molecule has 0 saturated heterocycles. The number of hydrogen-bond acceptors (Lipinski definition) is 5. The Morgan fingerprint density at radius 3 is 2.33 bits per heavy atom. The number of benzene rings is 1. The van der Waals surface area contributed by atoms with Crippen LogP contribution >= 0.6 is 12.4 Å². The number of aromatic nitrogens is 2. The number of carbonyl (C=O) groups is 1. The van der Waals surface area contributed by atoms with E-state index in [9.17, 15) is 14.4 Å². The topological polar surface area (TPSA) is 96.3 Å². The van der Waals surface area contributed by atoms with Crippen LogP contribution in [0.4, 0.5) is 0 Å². The van der Waals surface area contributed by atoms with Gasteiger partial charge >= 0.3 is 11.7 Å². The maximum absolute atomic E-state index is 12.2. The Hall–Kier alpha value is -2.38. The first kappa shape index (κ1) is 19.7. The number of hydrogen-bond donors (Lipinski definition) is 1. The molecule has 0 bridgehead atoms. The van der Waals surface area contributed by atoms with Crippen molar-refractivity contribution in [2.75, 3.05) is 7.11 Å². The summed E-state index contributed by atoms with van der Waals surface area (Å²) in [5, 5.41) is 0. The fourth-order valence-corrected chi connectivity index (χ4v) is 2.32. The zero-order chi connectivity index (χ0) is 17.1. The van der Waals surface area contributed by atoms with Gasteiger partial charge in [-0.3, -0.25) is 14.2 Å². The fourth-order valence-electron chi connectivity index (χ4n) is 2.32. The van der Waals surface area contributed by atoms with Gasteiger partial charge in [0, 0.05) is 20.3 Å². The van der Waals surface area contributed by atoms with Crippen molar-refractivity contribution < 1.29 is 9.53 Å². The molecule has 0 unspecified atom stereocenters. The minimum Gasteiger partial charge on any atom is -0.468 e. The molecule has 1 aromatic carbocycles. The molecule has 0 amide bonds. The van der Waals surface area contributed by atoms with Gasteiger partial charge in [0.1, 0.15) is 6.04 Å². The number of halogens is 1. The Morgan fingerprint density at radius 2 is 1.79 bits per heavy atom. The molecule has 130 valence electrons. The van der Waals surface area contributed by atoms with Gasteiger partial charge in [-0.2, -0.15) is 0 Å². The summed E-state index contributed by atoms with van der Waals surface area (Å²) in [7, 11) is 4.33. The van der Waals surface area contributed by atoms with Gasteiger partial charge in [-0.25, -0.2) is 4.79 Å². The van der Waals surface area contributed by atoms with Crippen molar-refractivity contribution in [2.45, 2.75) is 12.5 Å². The zero-order valence-electron chi connectivity index (χ0n) is 13.7. The number of ether oxygens (including phenoxy) is 1. The highest BCUT2D eigenvalue weighted by Crippen LogP contribution is 2.16. The first-order chi connectivity index (χ1) is 10.8. The van der Waals surface area contributed by atoms with Crippen molar-refractivity contribution in [3.05, 3.63) is 56.9 Å². The van der Waals surface area contributed by atoms with Crippen molar-refractivity contribution in [2.24, 2.45) is 19.8 Å². The van der Waals surface area contributed by atoms with Crippen LogP contribution in [0.25, 0.3) is 11.1 Å². The van der Waals surface area contributed by atoms with E-state index in [-0.39, 0.29) is 23.7 Å². The molecule has 0 saturated carbocycles. The van der Waals surface area contributed by atoms with Gasteiger partial charge in [0.25, 0.3) is 5.56 Å². The van der Waals surface area contributed by atoms with Crippen LogP contribution in [-0.2, 0) is 30.0 Å². The van der Waals surface area contributed by atoms with Crippen LogP contribution < -0.4 is 17.0 Å². The van der Waals surface area contributed by atoms with E-state index in [1.165, 1.54) is 24.9 Å². The van der Waals surface area contributed by atoms with Gasteiger partial charge in [-0.05, 0) is 17.5 Å². The average molecular weight is 354 g/mol. The van der Waals surface area contributed by atoms with Gasteiger partial charge in [-0.15, -0.1) is 12.4 Å². The van der Waals surface area contributed by atoms with Crippen LogP contribution in [0.3, 0.4) is 0 Å². The summed E-state index contributed by atoms with van der Waals surface area (Å²) in [6, 6.07) is 6.39. The summed E-state index contributed by atoms with van der Waals surface area (Å²) in [6.07, 6.45) is 1.86. The van der Waals surface area contributed by atoms with Crippen molar-refractivity contribution in [1.29, 1.82) is 0 Å². The predicted octanol–water partition coefficient (Wildman–Crippen LogP) is 0.216. The molecule has 8 heteroatoms. The van der Waals surface area contributed by atoms with Gasteiger partial charge in [0.2, 0.25) is 0 Å². The Labute approximate surface area is 145 Å². The first-order valence-electron chi connectivity index (χ1n) is 7.04. The number of methoxy groups -OCH3 is 1. The molecule has 1 heterocycles. The third-order valence-electron chi connectivity index (χ3n) is 3.67. The SMILES string of the molecule is COC(=O)[C@@H](N)Cc1ccc(-c2cn(C)c(=O)n(C)c2=O)cc1.Cl. The number of nitrogens with zero attached hydrogens (tertiary/aromatic N) is 2. The van der Waals surface area contributed by atoms with Crippen molar-refractivity contribution in [3.8, 4) is 11.1 Å². The fraction of sp³-hybridized carbons (Fsp3) is 0.312. The summed E-state index contributed by atoms with van der Waals surface area (Å²) in [5.74, 6) is -0.471. The monoisotopic (exact) mass is 353 g/mol. The highest BCUT2D eigenvalue weighted by atomic mass is 35.5. The summed E-state index contributed by atoms with van der Waals surface area (Å²) < 4.78 is 7.01. The predicted molar refractivity (Wildman–Crippen MR) is 93.3 cm³/mol. The Bertz CT molecular complexity index is 840. The second-order valence-electron chi connectivity index (χ2n) is 5.33. The summed E-state index contributed by atoms with van der Waals surface area (Å²) in [4.78, 5) is 35.2. The Morgan fingerprint density at radius 1 is 1.21 bits per heavy atom. The van der Waals surface area contributed by atoms with Crippen molar-refractivity contribution in [1.82, 2.24) is 9.13 Å². The Balaban J connectivity index is 0.00000288. The molecule has 2 aromatic rings. The van der Waals surface area contributed by atoms with E-state index < -0.39 is 12.0 Å². The molecule has 0 fully saturated rings. The summed E-state index contributed by atoms with van der Waals surface area (Å²) >= 11 is 0. The third kappa shape index (κ3) is 3.93. The highest BCUT2D eigenvalue weighted by Gasteiger charge is 2.14. The van der Waals surface area contributed by atoms with Gasteiger partial charge in [0.15, 0.2) is 0 Å². The number of carbonyl (C=O) groups excluding carboxylic acids is 1. The molecule has 2 N–H and O–H groups in total. The second-order valence-corrected chi connectivity index (χ2v) is 5.33. The molecule has 2 rings (SSSR count). The third-order valence-corrected chi connectivity index (χ3v) is 3.67. The molecule has 0 radical (unpaired) electrons. The minimum atomic E-state index is -0.726. The standard InChI is InChI=1S/C16H19N3O4.ClH/c1-18-9-12(14(20)19(2)16(18)22)11-6-4-10(5-7-11)8-13(17)15(21)23-3;/h4-7,9,13H,8,17H2,1-3H3;1H/t13-;/m0./s1. The van der Waals surface area contributed by atoms with Crippen LogP contribution in [0.1, 0.15) is 5.56 Å². The second kappa shape index (κ2) is 7.94. The summed E-state index contributed by atoms with van der Waals surface area (Å²) in [6.45, 7) is 0. The maximum atomic E-state index is 12.2. The Kier molecular flexibility index (Phi) is 6.51. The zero-order valence-corrected chi connectivity index (χ0v) is 14.5. The van der Waals surface area contributed by atoms with Crippen LogP contribution in [0.2, 0.25) is 0 Å². The molecule has 1 aromatic heterocycles. The van der Waals surface area contributed by atoms with Crippen LogP contribution in [-0.4, -0.2) is 28.3 Å². The molecule has 0 aliphatic heterocycles. The van der Waals surface area contributed by atoms with E-state index in [1.54, 1.807) is 31.3 Å². The molecule has 1 atom stereocenters. The lowest BCUT2D eigenvalue weighted by Crippen LogP contribution is -2.37. The molecular weight excluding hydrogens is 334 g/mol. The highest BCUT2D eigenvalue weighted by molar-refractivity contribution is 5.85. The molecule has 24 heavy (non-hydrogen) atoms. The van der Waals surface area contributed by atoms with E-state index in [0.29, 0.717) is 17.5 Å². The molecule has 0 aliphatic carbocycles. The molecular formula is C16H20ClN3O4. The molecule has 7 nitrogen and oxygen atoms in total. The first-order valence-corrected chi connectivity index (χ1v) is 7.04. The quantitative estimate of drug-likeness (QED) is 0.793. The van der Waals surface area contributed by atoms with Crippen LogP contribution in [0.5, 0.6) is 0 Å². The van der Waals surface area contributed by atoms with Crippen LogP contribution in [0, 0.1) is 0 Å². The number of rotatable bonds is 4. The lowest BCUT2D eigenvalue weighted by molar-refractivity contribution is -0.142. The lowest BCUT2D eigenvalue weighted by Gasteiger charge is -2.10. The minimum absolute atomic E-state index is 0. The molecule has 0 spiro atoms. The lowest BCUT2D eigenvalue weighted by atomic mass is 10.0. The van der Waals surface area contributed by atoms with E-state index >= 15 is 0 Å². The largest absolute Gasteiger partial charge is 0.468 e. The van der Waals surface area contributed by atoms with Gasteiger partial charge in [0.05, 0.1) is 12.7 Å². The normalized spacial score (nSPS) is 11.5. The summed E-state index contributed by atoms with van der Waals surface area (Å²) in [5.41, 5.74) is 6.97. The van der Waals surface area contributed by atoms with Crippen molar-refractivity contribution >= 4 is 18.4 Å². The van der Waals surface area contributed by atoms with Gasteiger partial charge < -0.3 is 15.0 Å². The van der Waals surface area contributed by atoms with E-state index in [2.05, 4.69) is 4.74 Å². The number of nitrogens with two attached hydrogens (primary N) is 1. The molecule has 0 aliphatic rings. The van der Waals surface area contributed by atoms with Gasteiger partial charge in [-0.1, -0.05) is 24.3 Å².